The van der Waals surface area contributed by atoms with Crippen molar-refractivity contribution in [1.29, 1.82) is 0 Å². The number of guanidine groups is 1. The summed E-state index contributed by atoms with van der Waals surface area (Å²) in [6, 6.07) is 10.2. The van der Waals surface area contributed by atoms with E-state index in [0.29, 0.717) is 24.2 Å². The first-order chi connectivity index (χ1) is 10.7. The fourth-order valence-electron chi connectivity index (χ4n) is 1.89. The third-order valence-electron chi connectivity index (χ3n) is 3.09. The molecule has 0 saturated carbocycles. The summed E-state index contributed by atoms with van der Waals surface area (Å²) in [5, 5.41) is 6.89. The Balaban J connectivity index is 1.75. The molecule has 0 amide bonds. The summed E-state index contributed by atoms with van der Waals surface area (Å²) in [6.45, 7) is 1.32. The minimum Gasteiger partial charge on any atom is -0.356 e. The lowest BCUT2D eigenvalue weighted by Crippen LogP contribution is -2.37. The van der Waals surface area contributed by atoms with Gasteiger partial charge >= 0.3 is 0 Å². The fourth-order valence-corrected chi connectivity index (χ4v) is 2.01. The average Bonchev–Trinajstić information content (AvgIpc) is 2.54. The molecule has 0 aliphatic rings. The summed E-state index contributed by atoms with van der Waals surface area (Å²) < 4.78 is 12.8. The molecule has 1 aromatic carbocycles. The van der Waals surface area contributed by atoms with Crippen LogP contribution >= 0.6 is 11.6 Å². The van der Waals surface area contributed by atoms with E-state index in [2.05, 4.69) is 20.6 Å². The summed E-state index contributed by atoms with van der Waals surface area (Å²) in [7, 11) is 1.72. The quantitative estimate of drug-likeness (QED) is 0.506. The minimum absolute atomic E-state index is 0.217. The Bertz CT molecular complexity index is 611. The SMILES string of the molecule is CN=C(NCCc1ccc(F)cc1)NCc1ccc(Cl)nc1. The highest BCUT2D eigenvalue weighted by Gasteiger charge is 2.00. The van der Waals surface area contributed by atoms with E-state index in [1.165, 1.54) is 12.1 Å². The smallest absolute Gasteiger partial charge is 0.191 e. The van der Waals surface area contributed by atoms with Crippen molar-refractivity contribution < 1.29 is 4.39 Å². The van der Waals surface area contributed by atoms with Crippen LogP contribution in [0.4, 0.5) is 4.39 Å². The lowest BCUT2D eigenvalue weighted by molar-refractivity contribution is 0.626. The molecule has 22 heavy (non-hydrogen) atoms. The van der Waals surface area contributed by atoms with Gasteiger partial charge in [-0.1, -0.05) is 29.8 Å². The molecular formula is C16H18ClFN4. The van der Waals surface area contributed by atoms with Crippen LogP contribution in [-0.2, 0) is 13.0 Å². The number of aromatic nitrogens is 1. The first kappa shape index (κ1) is 16.2. The lowest BCUT2D eigenvalue weighted by atomic mass is 10.1. The van der Waals surface area contributed by atoms with E-state index in [4.69, 9.17) is 11.6 Å². The van der Waals surface area contributed by atoms with Crippen LogP contribution in [0.25, 0.3) is 0 Å². The van der Waals surface area contributed by atoms with Gasteiger partial charge in [0, 0.05) is 26.3 Å². The number of hydrogen-bond acceptors (Lipinski definition) is 2. The van der Waals surface area contributed by atoms with E-state index in [-0.39, 0.29) is 5.82 Å². The number of benzene rings is 1. The van der Waals surface area contributed by atoms with Gasteiger partial charge in [-0.3, -0.25) is 4.99 Å². The van der Waals surface area contributed by atoms with Crippen molar-refractivity contribution in [3.05, 3.63) is 64.7 Å². The van der Waals surface area contributed by atoms with Gasteiger partial charge in [0.25, 0.3) is 0 Å². The van der Waals surface area contributed by atoms with Crippen molar-refractivity contribution in [2.75, 3.05) is 13.6 Å². The van der Waals surface area contributed by atoms with Crippen molar-refractivity contribution in [3.63, 3.8) is 0 Å². The summed E-state index contributed by atoms with van der Waals surface area (Å²) in [6.07, 6.45) is 2.52. The Labute approximate surface area is 134 Å². The maximum Gasteiger partial charge on any atom is 0.191 e. The second-order valence-corrected chi connectivity index (χ2v) is 5.11. The molecule has 4 nitrogen and oxygen atoms in total. The summed E-state index contributed by atoms with van der Waals surface area (Å²) in [5.41, 5.74) is 2.09. The van der Waals surface area contributed by atoms with Gasteiger partial charge in [-0.15, -0.1) is 0 Å². The molecule has 2 rings (SSSR count). The molecule has 0 spiro atoms. The molecule has 0 aliphatic carbocycles. The normalized spacial score (nSPS) is 11.3. The first-order valence-electron chi connectivity index (χ1n) is 6.97. The molecule has 0 atom stereocenters. The van der Waals surface area contributed by atoms with Crippen LogP contribution < -0.4 is 10.6 Å². The van der Waals surface area contributed by atoms with Crippen molar-refractivity contribution in [2.45, 2.75) is 13.0 Å². The predicted molar refractivity (Wildman–Crippen MR) is 87.6 cm³/mol. The number of nitrogens with one attached hydrogen (secondary N) is 2. The molecule has 0 aliphatic heterocycles. The zero-order chi connectivity index (χ0) is 15.8. The van der Waals surface area contributed by atoms with E-state index in [0.717, 1.165) is 17.5 Å². The summed E-state index contributed by atoms with van der Waals surface area (Å²) >= 11 is 5.75. The van der Waals surface area contributed by atoms with Gasteiger partial charge in [-0.05, 0) is 35.7 Å². The van der Waals surface area contributed by atoms with Crippen molar-refractivity contribution >= 4 is 17.6 Å². The molecule has 1 aromatic heterocycles. The Morgan fingerprint density at radius 1 is 1.14 bits per heavy atom. The standard InChI is InChI=1S/C16H18ClFN4/c1-19-16(22-11-13-4-7-15(17)21-10-13)20-9-8-12-2-5-14(18)6-3-12/h2-7,10H,8-9,11H2,1H3,(H2,19,20,22). The maximum absolute atomic E-state index is 12.8. The number of rotatable bonds is 5. The van der Waals surface area contributed by atoms with Crippen LogP contribution in [0.1, 0.15) is 11.1 Å². The highest BCUT2D eigenvalue weighted by molar-refractivity contribution is 6.29. The van der Waals surface area contributed by atoms with E-state index < -0.39 is 0 Å². The zero-order valence-corrected chi connectivity index (χ0v) is 13.1. The first-order valence-corrected chi connectivity index (χ1v) is 7.34. The molecule has 2 aromatic rings. The molecule has 0 radical (unpaired) electrons. The highest BCUT2D eigenvalue weighted by atomic mass is 35.5. The molecule has 0 bridgehead atoms. The Kier molecular flexibility index (Phi) is 6.15. The van der Waals surface area contributed by atoms with Gasteiger partial charge in [0.15, 0.2) is 5.96 Å². The number of pyridine rings is 1. The van der Waals surface area contributed by atoms with Gasteiger partial charge in [0.05, 0.1) is 0 Å². The molecule has 0 fully saturated rings. The van der Waals surface area contributed by atoms with Crippen LogP contribution in [0, 0.1) is 5.82 Å². The van der Waals surface area contributed by atoms with Gasteiger partial charge in [-0.2, -0.15) is 0 Å². The molecule has 6 heteroatoms. The Morgan fingerprint density at radius 3 is 2.50 bits per heavy atom. The van der Waals surface area contributed by atoms with Crippen molar-refractivity contribution in [1.82, 2.24) is 15.6 Å². The lowest BCUT2D eigenvalue weighted by Gasteiger charge is -2.12. The van der Waals surface area contributed by atoms with Crippen LogP contribution in [0.3, 0.4) is 0 Å². The third kappa shape index (κ3) is 5.33. The molecule has 1 heterocycles. The number of hydrogen-bond donors (Lipinski definition) is 2. The molecule has 116 valence electrons. The number of nitrogens with zero attached hydrogens (tertiary/aromatic N) is 2. The van der Waals surface area contributed by atoms with Crippen LogP contribution in [0.15, 0.2) is 47.6 Å². The Morgan fingerprint density at radius 2 is 1.86 bits per heavy atom. The topological polar surface area (TPSA) is 49.3 Å². The largest absolute Gasteiger partial charge is 0.356 e. The minimum atomic E-state index is -0.217. The van der Waals surface area contributed by atoms with E-state index in [1.807, 2.05) is 6.07 Å². The third-order valence-corrected chi connectivity index (χ3v) is 3.32. The van der Waals surface area contributed by atoms with Gasteiger partial charge in [0.1, 0.15) is 11.0 Å². The number of aliphatic imine (C=N–C) groups is 1. The van der Waals surface area contributed by atoms with Crippen LogP contribution in [-0.4, -0.2) is 24.5 Å². The molecule has 2 N–H and O–H groups in total. The monoisotopic (exact) mass is 320 g/mol. The van der Waals surface area contributed by atoms with Gasteiger partial charge < -0.3 is 10.6 Å². The zero-order valence-electron chi connectivity index (χ0n) is 12.3. The summed E-state index contributed by atoms with van der Waals surface area (Å²) in [4.78, 5) is 8.18. The second-order valence-electron chi connectivity index (χ2n) is 4.72. The summed E-state index contributed by atoms with van der Waals surface area (Å²) in [5.74, 6) is 0.489. The van der Waals surface area contributed by atoms with E-state index in [9.17, 15) is 4.39 Å². The van der Waals surface area contributed by atoms with Crippen LogP contribution in [0.5, 0.6) is 0 Å². The second kappa shape index (κ2) is 8.34. The van der Waals surface area contributed by atoms with Crippen LogP contribution in [0.2, 0.25) is 5.15 Å². The Hall–Kier alpha value is -2.14. The number of halogens is 2. The van der Waals surface area contributed by atoms with Crippen molar-refractivity contribution in [3.8, 4) is 0 Å². The van der Waals surface area contributed by atoms with E-state index in [1.54, 1.807) is 31.4 Å². The molecule has 0 unspecified atom stereocenters. The highest BCUT2D eigenvalue weighted by Crippen LogP contribution is 2.05. The maximum atomic E-state index is 12.8. The van der Waals surface area contributed by atoms with Gasteiger partial charge in [0.2, 0.25) is 0 Å². The predicted octanol–water partition coefficient (Wildman–Crippen LogP) is 2.78. The average molecular weight is 321 g/mol. The van der Waals surface area contributed by atoms with Gasteiger partial charge in [-0.25, -0.2) is 9.37 Å². The molecular weight excluding hydrogens is 303 g/mol. The van der Waals surface area contributed by atoms with Crippen molar-refractivity contribution in [2.24, 2.45) is 4.99 Å². The van der Waals surface area contributed by atoms with E-state index >= 15 is 0 Å². The molecule has 0 saturated heterocycles. The fraction of sp³-hybridized carbons (Fsp3) is 0.250.